The lowest BCUT2D eigenvalue weighted by Gasteiger charge is -2.02. The van der Waals surface area contributed by atoms with Gasteiger partial charge in [0.25, 0.3) is 0 Å². The first-order valence-electron chi connectivity index (χ1n) is 5.67. The molecule has 2 aliphatic rings. The maximum Gasteiger partial charge on any atom is 0.207 e. The van der Waals surface area contributed by atoms with Gasteiger partial charge in [0.1, 0.15) is 0 Å². The summed E-state index contributed by atoms with van der Waals surface area (Å²) in [4.78, 5) is 0. The summed E-state index contributed by atoms with van der Waals surface area (Å²) in [6.07, 6.45) is 19.7. The molecule has 0 aromatic rings. The van der Waals surface area contributed by atoms with E-state index in [1.54, 1.807) is 12.4 Å². The lowest BCUT2D eigenvalue weighted by atomic mass is 10.2. The fourth-order valence-electron chi connectivity index (χ4n) is 1.49. The minimum atomic E-state index is 0.248. The van der Waals surface area contributed by atoms with Gasteiger partial charge in [-0.15, -0.1) is 0 Å². The van der Waals surface area contributed by atoms with Crippen LogP contribution in [0.1, 0.15) is 0 Å². The van der Waals surface area contributed by atoms with E-state index in [0.29, 0.717) is 5.11 Å². The van der Waals surface area contributed by atoms with Crippen LogP contribution in [0.15, 0.2) is 58.8 Å². The molecule has 0 aliphatic heterocycles. The van der Waals surface area contributed by atoms with E-state index in [2.05, 4.69) is 21.1 Å². The first kappa shape index (κ1) is 12.4. The number of hydrogen-bond donors (Lipinski definition) is 2. The third kappa shape index (κ3) is 4.10. The molecule has 2 N–H and O–H groups in total. The number of rotatable bonds is 4. The summed E-state index contributed by atoms with van der Waals surface area (Å²) in [5.41, 5.74) is 5.41. The average Bonchev–Trinajstić information content (AvgIpc) is 3.01. The lowest BCUT2D eigenvalue weighted by Crippen LogP contribution is -2.28. The molecule has 0 fully saturated rings. The zero-order valence-electron chi connectivity index (χ0n) is 9.73. The molecule has 0 aromatic carbocycles. The van der Waals surface area contributed by atoms with Crippen LogP contribution < -0.4 is 10.9 Å². The number of hydrogen-bond acceptors (Lipinski definition) is 3. The van der Waals surface area contributed by atoms with Crippen LogP contribution in [0, 0.1) is 11.8 Å². The smallest absolute Gasteiger partial charge is 0.207 e. The molecule has 4 nitrogen and oxygen atoms in total. The zero-order chi connectivity index (χ0) is 12.6. The molecule has 0 bridgehead atoms. The number of nitrogens with one attached hydrogen (secondary N) is 2. The van der Waals surface area contributed by atoms with Crippen LogP contribution in [0.5, 0.6) is 0 Å². The van der Waals surface area contributed by atoms with Gasteiger partial charge >= 0.3 is 0 Å². The summed E-state index contributed by atoms with van der Waals surface area (Å²) in [5, 5.41) is 8.42. The minimum Gasteiger partial charge on any atom is -0.253 e. The molecule has 0 aromatic heterocycles. The molecule has 0 spiro atoms. The Kier molecular flexibility index (Phi) is 4.60. The summed E-state index contributed by atoms with van der Waals surface area (Å²) in [5.74, 6) is 0.495. The summed E-state index contributed by atoms with van der Waals surface area (Å²) in [6.45, 7) is 0. The van der Waals surface area contributed by atoms with E-state index in [0.717, 1.165) is 0 Å². The van der Waals surface area contributed by atoms with Crippen molar-refractivity contribution in [1.29, 1.82) is 0 Å². The van der Waals surface area contributed by atoms with Crippen LogP contribution in [0.4, 0.5) is 0 Å². The van der Waals surface area contributed by atoms with Gasteiger partial charge in [-0.05, 0) is 12.2 Å². The van der Waals surface area contributed by atoms with E-state index in [1.165, 1.54) is 0 Å². The Balaban J connectivity index is 1.65. The molecule has 0 amide bonds. The highest BCUT2D eigenvalue weighted by Crippen LogP contribution is 2.05. The van der Waals surface area contributed by atoms with E-state index < -0.39 is 0 Å². The molecule has 0 radical (unpaired) electrons. The van der Waals surface area contributed by atoms with E-state index >= 15 is 0 Å². The number of hydrazone groups is 2. The molecule has 18 heavy (non-hydrogen) atoms. The predicted octanol–water partition coefficient (Wildman–Crippen LogP) is 1.91. The predicted molar refractivity (Wildman–Crippen MR) is 79.4 cm³/mol. The Labute approximate surface area is 112 Å². The Morgan fingerprint density at radius 2 is 1.22 bits per heavy atom. The molecule has 5 heteroatoms. The highest BCUT2D eigenvalue weighted by Gasteiger charge is 1.99. The Morgan fingerprint density at radius 1 is 0.833 bits per heavy atom. The molecular formula is C13H14N4S. The van der Waals surface area contributed by atoms with Crippen LogP contribution >= 0.6 is 12.2 Å². The molecular weight excluding hydrogens is 244 g/mol. The van der Waals surface area contributed by atoms with E-state index in [4.69, 9.17) is 12.2 Å². The van der Waals surface area contributed by atoms with Crippen LogP contribution in [0.3, 0.4) is 0 Å². The van der Waals surface area contributed by atoms with Crippen LogP contribution in [0.2, 0.25) is 0 Å². The van der Waals surface area contributed by atoms with Gasteiger partial charge in [-0.25, -0.2) is 0 Å². The number of thiocarbonyl (C=S) groups is 1. The van der Waals surface area contributed by atoms with Crippen molar-refractivity contribution in [3.8, 4) is 0 Å². The fourth-order valence-corrected chi connectivity index (χ4v) is 1.59. The van der Waals surface area contributed by atoms with Gasteiger partial charge < -0.3 is 0 Å². The van der Waals surface area contributed by atoms with Crippen molar-refractivity contribution in [3.63, 3.8) is 0 Å². The second-order valence-electron chi connectivity index (χ2n) is 3.80. The van der Waals surface area contributed by atoms with Gasteiger partial charge in [-0.3, -0.25) is 10.9 Å². The van der Waals surface area contributed by atoms with E-state index in [1.807, 2.05) is 48.6 Å². The van der Waals surface area contributed by atoms with Gasteiger partial charge in [0.2, 0.25) is 5.11 Å². The second kappa shape index (κ2) is 6.66. The first-order chi connectivity index (χ1) is 8.84. The molecule has 0 saturated carbocycles. The zero-order valence-corrected chi connectivity index (χ0v) is 10.5. The van der Waals surface area contributed by atoms with E-state index in [9.17, 15) is 0 Å². The molecule has 2 aliphatic carbocycles. The van der Waals surface area contributed by atoms with Crippen molar-refractivity contribution >= 4 is 29.8 Å². The highest BCUT2D eigenvalue weighted by atomic mass is 32.1. The van der Waals surface area contributed by atoms with Crippen molar-refractivity contribution in [3.05, 3.63) is 48.6 Å². The average molecular weight is 258 g/mol. The maximum atomic E-state index is 5.01. The topological polar surface area (TPSA) is 48.8 Å². The molecule has 0 saturated heterocycles. The summed E-state index contributed by atoms with van der Waals surface area (Å²) < 4.78 is 0. The largest absolute Gasteiger partial charge is 0.253 e. The van der Waals surface area contributed by atoms with Crippen molar-refractivity contribution in [2.75, 3.05) is 0 Å². The monoisotopic (exact) mass is 258 g/mol. The highest BCUT2D eigenvalue weighted by molar-refractivity contribution is 7.80. The quantitative estimate of drug-likeness (QED) is 0.460. The van der Waals surface area contributed by atoms with Crippen LogP contribution in [-0.4, -0.2) is 17.5 Å². The summed E-state index contributed by atoms with van der Waals surface area (Å²) in [7, 11) is 0. The number of allylic oxidation sites excluding steroid dienone is 8. The van der Waals surface area contributed by atoms with Gasteiger partial charge in [-0.2, -0.15) is 10.2 Å². The minimum absolute atomic E-state index is 0.248. The van der Waals surface area contributed by atoms with Gasteiger partial charge in [0.05, 0.1) is 0 Å². The SMILES string of the molecule is S=C(NN=CC1C=CC=C1)NN=CC1C=CC=C1. The van der Waals surface area contributed by atoms with Crippen LogP contribution in [-0.2, 0) is 0 Å². The third-order valence-corrected chi connectivity index (χ3v) is 2.56. The third-order valence-electron chi connectivity index (χ3n) is 2.38. The van der Waals surface area contributed by atoms with Crippen molar-refractivity contribution in [2.45, 2.75) is 0 Å². The normalized spacial score (nSPS) is 18.7. The standard InChI is InChI=1S/C13H14N4S/c18-13(16-14-9-11-5-1-2-6-11)17-15-10-12-7-3-4-8-12/h1-12H,(H2,16,17,18). The molecule has 0 atom stereocenters. The Bertz CT molecular complexity index is 405. The Morgan fingerprint density at radius 3 is 1.61 bits per heavy atom. The number of nitrogens with zero attached hydrogens (tertiary/aromatic N) is 2. The second-order valence-corrected chi connectivity index (χ2v) is 4.21. The maximum absolute atomic E-state index is 5.01. The van der Waals surface area contributed by atoms with Crippen molar-refractivity contribution in [2.24, 2.45) is 22.0 Å². The van der Waals surface area contributed by atoms with Crippen molar-refractivity contribution in [1.82, 2.24) is 10.9 Å². The summed E-state index contributed by atoms with van der Waals surface area (Å²) in [6, 6.07) is 0. The van der Waals surface area contributed by atoms with Gasteiger partial charge in [0.15, 0.2) is 0 Å². The van der Waals surface area contributed by atoms with Gasteiger partial charge in [0, 0.05) is 24.3 Å². The Hall–Kier alpha value is -2.01. The molecule has 0 unspecified atom stereocenters. The summed E-state index contributed by atoms with van der Waals surface area (Å²) >= 11 is 5.01. The van der Waals surface area contributed by atoms with Crippen LogP contribution in [0.25, 0.3) is 0 Å². The van der Waals surface area contributed by atoms with Crippen molar-refractivity contribution < 1.29 is 0 Å². The van der Waals surface area contributed by atoms with E-state index in [-0.39, 0.29) is 11.8 Å². The first-order valence-corrected chi connectivity index (χ1v) is 6.08. The molecule has 92 valence electrons. The van der Waals surface area contributed by atoms with Gasteiger partial charge in [-0.1, -0.05) is 48.6 Å². The lowest BCUT2D eigenvalue weighted by molar-refractivity contribution is 0.919. The molecule has 0 heterocycles. The fraction of sp³-hybridized carbons (Fsp3) is 0.154. The molecule has 2 rings (SSSR count).